The smallest absolute Gasteiger partial charge is 0.337 e. The number of carbonyl (C=O) groups is 2. The number of esters is 1. The number of aryl methyl sites for hydroxylation is 1. The molecule has 0 fully saturated rings. The van der Waals surface area contributed by atoms with E-state index in [0.29, 0.717) is 46.5 Å². The third kappa shape index (κ3) is 7.09. The first-order valence-electron chi connectivity index (χ1n) is 15.1. The van der Waals surface area contributed by atoms with E-state index in [-0.39, 0.29) is 18.8 Å². The highest BCUT2D eigenvalue weighted by molar-refractivity contribution is 6.31. The number of hydrogen-bond donors (Lipinski definition) is 2. The normalized spacial score (nSPS) is 14.7. The molecule has 0 aliphatic carbocycles. The van der Waals surface area contributed by atoms with Crippen LogP contribution in [0.3, 0.4) is 0 Å². The number of nitrogens with one attached hydrogen (secondary N) is 2. The van der Waals surface area contributed by atoms with E-state index in [1.54, 1.807) is 55.8 Å². The number of carbonyl (C=O) groups excluding carboxylic acids is 2. The van der Waals surface area contributed by atoms with Crippen molar-refractivity contribution in [2.24, 2.45) is 0 Å². The number of benzene rings is 2. The number of rotatable bonds is 11. The van der Waals surface area contributed by atoms with Crippen LogP contribution in [0.25, 0.3) is 11.0 Å². The van der Waals surface area contributed by atoms with Gasteiger partial charge in [-0.05, 0) is 49.2 Å². The van der Waals surface area contributed by atoms with Gasteiger partial charge in [-0.2, -0.15) is 0 Å². The van der Waals surface area contributed by atoms with E-state index in [2.05, 4.69) is 30.2 Å². The molecule has 47 heavy (non-hydrogen) atoms. The fourth-order valence-electron chi connectivity index (χ4n) is 5.71. The van der Waals surface area contributed by atoms with Crippen molar-refractivity contribution in [3.8, 4) is 0 Å². The van der Waals surface area contributed by atoms with Crippen LogP contribution in [0.2, 0.25) is 5.02 Å². The second kappa shape index (κ2) is 14.4. The quantitative estimate of drug-likeness (QED) is 0.130. The molecule has 2 aromatic carbocycles. The number of ether oxygens (including phenoxy) is 2. The summed E-state index contributed by atoms with van der Waals surface area (Å²) in [7, 11) is 0. The fourth-order valence-corrected chi connectivity index (χ4v) is 5.95. The third-order valence-corrected chi connectivity index (χ3v) is 8.24. The first-order valence-corrected chi connectivity index (χ1v) is 15.5. The Hall–Kier alpha value is -5.32. The number of nitrogens with zero attached hydrogens (tertiary/aromatic N) is 4. The molecule has 1 aliphatic rings. The Morgan fingerprint density at radius 1 is 0.936 bits per heavy atom. The number of dihydropyridines is 1. The molecule has 0 saturated heterocycles. The van der Waals surface area contributed by atoms with Crippen molar-refractivity contribution in [1.82, 2.24) is 24.8 Å². The maximum atomic E-state index is 14.1. The molecule has 0 saturated carbocycles. The average Bonchev–Trinajstić information content (AvgIpc) is 3.40. The minimum absolute atomic E-state index is 0.0482. The van der Waals surface area contributed by atoms with Gasteiger partial charge < -0.3 is 24.7 Å². The molecule has 5 aromatic rings. The maximum Gasteiger partial charge on any atom is 0.337 e. The Labute approximate surface area is 277 Å². The Morgan fingerprint density at radius 3 is 2.51 bits per heavy atom. The molecule has 0 radical (unpaired) electrons. The number of amides is 1. The molecule has 2 N–H and O–H groups in total. The Balaban J connectivity index is 1.34. The van der Waals surface area contributed by atoms with Gasteiger partial charge in [-0.1, -0.05) is 66.2 Å². The minimum Gasteiger partial charge on any atom is -0.457 e. The number of imidazole rings is 1. The summed E-state index contributed by atoms with van der Waals surface area (Å²) in [6, 6.07) is 23.7. The van der Waals surface area contributed by atoms with Crippen LogP contribution in [0.15, 0.2) is 120 Å². The lowest BCUT2D eigenvalue weighted by atomic mass is 9.79. The van der Waals surface area contributed by atoms with E-state index in [9.17, 15) is 9.59 Å². The Morgan fingerprint density at radius 2 is 1.72 bits per heavy atom. The van der Waals surface area contributed by atoms with E-state index >= 15 is 0 Å². The lowest BCUT2D eigenvalue weighted by Crippen LogP contribution is -2.36. The summed E-state index contributed by atoms with van der Waals surface area (Å²) in [6.07, 6.45) is 5.06. The lowest BCUT2D eigenvalue weighted by molar-refractivity contribution is -0.140. The molecule has 1 unspecified atom stereocenters. The van der Waals surface area contributed by atoms with E-state index in [1.165, 1.54) is 0 Å². The molecule has 0 bridgehead atoms. The van der Waals surface area contributed by atoms with Crippen molar-refractivity contribution in [2.75, 3.05) is 18.5 Å². The summed E-state index contributed by atoms with van der Waals surface area (Å²) in [5.41, 5.74) is 4.76. The lowest BCUT2D eigenvalue weighted by Gasteiger charge is -2.32. The van der Waals surface area contributed by atoms with E-state index in [0.717, 1.165) is 22.4 Å². The molecule has 1 amide bonds. The SMILES string of the molecule is CC1=C(C(=O)Nc2ccccn2)C(c2ccccc2Cl)C(C(=O)OCc2ccccc2)=C(COCCn2c(C)nc3cnccc32)N1. The first-order chi connectivity index (χ1) is 22.9. The van der Waals surface area contributed by atoms with Gasteiger partial charge in [-0.3, -0.25) is 9.78 Å². The molecule has 1 aliphatic heterocycles. The summed E-state index contributed by atoms with van der Waals surface area (Å²) < 4.78 is 14.1. The number of pyridine rings is 2. The van der Waals surface area contributed by atoms with Crippen molar-refractivity contribution < 1.29 is 19.1 Å². The van der Waals surface area contributed by atoms with Gasteiger partial charge in [-0.25, -0.2) is 14.8 Å². The molecule has 4 heterocycles. The van der Waals surface area contributed by atoms with Gasteiger partial charge in [0, 0.05) is 35.2 Å². The zero-order valence-corrected chi connectivity index (χ0v) is 26.7. The number of fused-ring (bicyclic) bond motifs is 1. The van der Waals surface area contributed by atoms with E-state index < -0.39 is 17.8 Å². The highest BCUT2D eigenvalue weighted by atomic mass is 35.5. The summed E-state index contributed by atoms with van der Waals surface area (Å²) >= 11 is 6.77. The number of halogens is 1. The standard InChI is InChI=1S/C36H33ClN6O4/c1-23-32(35(44)42-31-14-8-9-16-39-31)33(26-12-6-7-13-27(26)37)34(36(45)47-21-25-10-4-3-5-11-25)29(40-23)22-46-19-18-43-24(2)41-28-20-38-17-15-30(28)43/h3-17,20,33,40H,18-19,21-22H2,1-2H3,(H,39,42,44). The molecular weight excluding hydrogens is 616 g/mol. The van der Waals surface area contributed by atoms with Crippen LogP contribution in [-0.2, 0) is 32.2 Å². The summed E-state index contributed by atoms with van der Waals surface area (Å²) in [5, 5.41) is 6.57. The zero-order valence-electron chi connectivity index (χ0n) is 25.9. The summed E-state index contributed by atoms with van der Waals surface area (Å²) in [6.45, 7) is 4.69. The van der Waals surface area contributed by atoms with Crippen molar-refractivity contribution in [2.45, 2.75) is 32.9 Å². The van der Waals surface area contributed by atoms with Crippen LogP contribution in [0.1, 0.15) is 29.8 Å². The molecule has 10 nitrogen and oxygen atoms in total. The van der Waals surface area contributed by atoms with Gasteiger partial charge in [0.1, 0.15) is 23.8 Å². The van der Waals surface area contributed by atoms with Crippen molar-refractivity contribution in [3.63, 3.8) is 0 Å². The van der Waals surface area contributed by atoms with Gasteiger partial charge >= 0.3 is 5.97 Å². The monoisotopic (exact) mass is 648 g/mol. The molecule has 6 rings (SSSR count). The Kier molecular flexibility index (Phi) is 9.70. The van der Waals surface area contributed by atoms with Crippen LogP contribution in [0, 0.1) is 6.92 Å². The number of hydrogen-bond acceptors (Lipinski definition) is 8. The van der Waals surface area contributed by atoms with E-state index in [1.807, 2.05) is 55.5 Å². The first kappa shape index (κ1) is 31.7. The molecule has 0 spiro atoms. The molecule has 1 atom stereocenters. The predicted molar refractivity (Wildman–Crippen MR) is 179 cm³/mol. The van der Waals surface area contributed by atoms with Crippen LogP contribution >= 0.6 is 11.6 Å². The highest BCUT2D eigenvalue weighted by Gasteiger charge is 2.39. The van der Waals surface area contributed by atoms with Gasteiger partial charge in [0.2, 0.25) is 0 Å². The van der Waals surface area contributed by atoms with Crippen LogP contribution in [0.5, 0.6) is 0 Å². The van der Waals surface area contributed by atoms with Gasteiger partial charge in [0.25, 0.3) is 5.91 Å². The van der Waals surface area contributed by atoms with Crippen LogP contribution in [0.4, 0.5) is 5.82 Å². The Bertz CT molecular complexity index is 1970. The zero-order chi connectivity index (χ0) is 32.8. The topological polar surface area (TPSA) is 120 Å². The van der Waals surface area contributed by atoms with Crippen molar-refractivity contribution >= 4 is 40.3 Å². The second-order valence-electron chi connectivity index (χ2n) is 11.0. The highest BCUT2D eigenvalue weighted by Crippen LogP contribution is 2.42. The van der Waals surface area contributed by atoms with Crippen LogP contribution in [-0.4, -0.2) is 44.6 Å². The average molecular weight is 649 g/mol. The summed E-state index contributed by atoms with van der Waals surface area (Å²) in [4.78, 5) is 41.1. The van der Waals surface area contributed by atoms with Gasteiger partial charge in [0.05, 0.1) is 42.1 Å². The molecule has 3 aromatic heterocycles. The molecule has 238 valence electrons. The molecule has 11 heteroatoms. The maximum absolute atomic E-state index is 14.1. The van der Waals surface area contributed by atoms with Crippen molar-refractivity contribution in [1.29, 1.82) is 0 Å². The predicted octanol–water partition coefficient (Wildman–Crippen LogP) is 6.10. The summed E-state index contributed by atoms with van der Waals surface area (Å²) in [5.74, 6) is -0.658. The number of allylic oxidation sites excluding steroid dienone is 1. The minimum atomic E-state index is -0.858. The van der Waals surface area contributed by atoms with Crippen LogP contribution < -0.4 is 10.6 Å². The number of aromatic nitrogens is 4. The van der Waals surface area contributed by atoms with Crippen molar-refractivity contribution in [3.05, 3.63) is 142 Å². The fraction of sp³-hybridized carbons (Fsp3) is 0.194. The second-order valence-corrected chi connectivity index (χ2v) is 11.4. The van der Waals surface area contributed by atoms with Gasteiger partial charge in [0.15, 0.2) is 0 Å². The largest absolute Gasteiger partial charge is 0.457 e. The van der Waals surface area contributed by atoms with E-state index in [4.69, 9.17) is 21.1 Å². The third-order valence-electron chi connectivity index (χ3n) is 7.89. The van der Waals surface area contributed by atoms with Gasteiger partial charge in [-0.15, -0.1) is 0 Å². The number of anilines is 1. The molecular formula is C36H33ClN6O4.